The van der Waals surface area contributed by atoms with Crippen LogP contribution in [0.15, 0.2) is 48.5 Å². The third-order valence-corrected chi connectivity index (χ3v) is 3.89. The minimum absolute atomic E-state index is 0.0350. The zero-order valence-electron chi connectivity index (χ0n) is 12.3. The first-order valence-electron chi connectivity index (χ1n) is 7.05. The second-order valence-electron chi connectivity index (χ2n) is 5.03. The van der Waals surface area contributed by atoms with Crippen LogP contribution >= 0.6 is 23.2 Å². The number of carbonyl (C=O) groups excluding carboxylic acids is 1. The standard InChI is InChI=1S/C17H18Cl2N2O/c1-12(15-8-7-14(18)9-16(15)19)20-11-17(22)21-10-13-5-3-2-4-6-13/h2-9,12,20H,10-11H2,1H3,(H,21,22). The second kappa shape index (κ2) is 8.18. The minimum atomic E-state index is -0.0548. The lowest BCUT2D eigenvalue weighted by atomic mass is 10.1. The molecule has 0 radical (unpaired) electrons. The molecule has 0 spiro atoms. The quantitative estimate of drug-likeness (QED) is 0.838. The van der Waals surface area contributed by atoms with Gasteiger partial charge in [0.15, 0.2) is 0 Å². The zero-order chi connectivity index (χ0) is 15.9. The summed E-state index contributed by atoms with van der Waals surface area (Å²) in [5.74, 6) is -0.0548. The van der Waals surface area contributed by atoms with E-state index in [0.29, 0.717) is 16.6 Å². The molecule has 116 valence electrons. The van der Waals surface area contributed by atoms with Crippen LogP contribution in [0.25, 0.3) is 0 Å². The molecule has 0 bridgehead atoms. The lowest BCUT2D eigenvalue weighted by molar-refractivity contribution is -0.120. The molecule has 1 unspecified atom stereocenters. The van der Waals surface area contributed by atoms with Crippen molar-refractivity contribution in [3.8, 4) is 0 Å². The van der Waals surface area contributed by atoms with Crippen LogP contribution < -0.4 is 10.6 Å². The van der Waals surface area contributed by atoms with Gasteiger partial charge in [0.2, 0.25) is 5.91 Å². The van der Waals surface area contributed by atoms with Crippen molar-refractivity contribution in [3.63, 3.8) is 0 Å². The Balaban J connectivity index is 1.80. The summed E-state index contributed by atoms with van der Waals surface area (Å²) in [6.45, 7) is 2.71. The molecular weight excluding hydrogens is 319 g/mol. The van der Waals surface area contributed by atoms with Gasteiger partial charge in [-0.2, -0.15) is 0 Å². The van der Waals surface area contributed by atoms with Crippen LogP contribution in [0.5, 0.6) is 0 Å². The van der Waals surface area contributed by atoms with Crippen LogP contribution in [0.2, 0.25) is 10.0 Å². The van der Waals surface area contributed by atoms with E-state index in [2.05, 4.69) is 10.6 Å². The number of hydrogen-bond acceptors (Lipinski definition) is 2. The molecule has 2 N–H and O–H groups in total. The molecule has 0 aliphatic heterocycles. The Kier molecular flexibility index (Phi) is 6.25. The van der Waals surface area contributed by atoms with Crippen LogP contribution in [-0.4, -0.2) is 12.5 Å². The Morgan fingerprint density at radius 3 is 2.55 bits per heavy atom. The molecule has 22 heavy (non-hydrogen) atoms. The highest BCUT2D eigenvalue weighted by Crippen LogP contribution is 2.25. The van der Waals surface area contributed by atoms with Crippen LogP contribution in [0, 0.1) is 0 Å². The number of benzene rings is 2. The van der Waals surface area contributed by atoms with Crippen molar-refractivity contribution in [1.29, 1.82) is 0 Å². The summed E-state index contributed by atoms with van der Waals surface area (Å²) in [5.41, 5.74) is 1.99. The number of hydrogen-bond donors (Lipinski definition) is 2. The van der Waals surface area contributed by atoms with E-state index in [1.807, 2.05) is 43.3 Å². The van der Waals surface area contributed by atoms with Crippen LogP contribution in [0.1, 0.15) is 24.1 Å². The molecule has 0 aliphatic rings. The van der Waals surface area contributed by atoms with Gasteiger partial charge in [0.1, 0.15) is 0 Å². The average Bonchev–Trinajstić information content (AvgIpc) is 2.51. The molecule has 2 aromatic rings. The van der Waals surface area contributed by atoms with E-state index in [-0.39, 0.29) is 18.5 Å². The Bertz CT molecular complexity index is 632. The van der Waals surface area contributed by atoms with Gasteiger partial charge in [0.25, 0.3) is 0 Å². The lowest BCUT2D eigenvalue weighted by Gasteiger charge is -2.16. The van der Waals surface area contributed by atoms with Crippen LogP contribution in [0.4, 0.5) is 0 Å². The Hall–Kier alpha value is -1.55. The highest BCUT2D eigenvalue weighted by Gasteiger charge is 2.11. The van der Waals surface area contributed by atoms with Crippen LogP contribution in [-0.2, 0) is 11.3 Å². The van der Waals surface area contributed by atoms with Crippen molar-refractivity contribution < 1.29 is 4.79 Å². The Morgan fingerprint density at radius 1 is 1.14 bits per heavy atom. The van der Waals surface area contributed by atoms with E-state index in [4.69, 9.17) is 23.2 Å². The second-order valence-corrected chi connectivity index (χ2v) is 5.87. The molecule has 0 heterocycles. The van der Waals surface area contributed by atoms with Crippen LogP contribution in [0.3, 0.4) is 0 Å². The van der Waals surface area contributed by atoms with Gasteiger partial charge in [-0.1, -0.05) is 59.6 Å². The third kappa shape index (κ3) is 5.02. The fourth-order valence-corrected chi connectivity index (χ4v) is 2.64. The summed E-state index contributed by atoms with van der Waals surface area (Å²) in [7, 11) is 0. The molecular formula is C17H18Cl2N2O. The predicted molar refractivity (Wildman–Crippen MR) is 91.2 cm³/mol. The maximum absolute atomic E-state index is 11.9. The van der Waals surface area contributed by atoms with E-state index in [1.54, 1.807) is 12.1 Å². The SMILES string of the molecule is CC(NCC(=O)NCc1ccccc1)c1ccc(Cl)cc1Cl. The molecule has 0 aliphatic carbocycles. The lowest BCUT2D eigenvalue weighted by Crippen LogP contribution is -2.34. The highest BCUT2D eigenvalue weighted by atomic mass is 35.5. The number of rotatable bonds is 6. The Morgan fingerprint density at radius 2 is 1.86 bits per heavy atom. The normalized spacial score (nSPS) is 12.0. The molecule has 0 saturated heterocycles. The van der Waals surface area contributed by atoms with Crippen molar-refractivity contribution in [2.24, 2.45) is 0 Å². The molecule has 0 fully saturated rings. The first-order valence-corrected chi connectivity index (χ1v) is 7.81. The van der Waals surface area contributed by atoms with Gasteiger partial charge in [0, 0.05) is 22.6 Å². The average molecular weight is 337 g/mol. The zero-order valence-corrected chi connectivity index (χ0v) is 13.8. The summed E-state index contributed by atoms with van der Waals surface area (Å²) < 4.78 is 0. The van der Waals surface area contributed by atoms with Gasteiger partial charge in [-0.3, -0.25) is 4.79 Å². The molecule has 5 heteroatoms. The monoisotopic (exact) mass is 336 g/mol. The summed E-state index contributed by atoms with van der Waals surface area (Å²) in [5, 5.41) is 7.22. The van der Waals surface area contributed by atoms with Gasteiger partial charge >= 0.3 is 0 Å². The molecule has 2 aromatic carbocycles. The molecule has 0 saturated carbocycles. The minimum Gasteiger partial charge on any atom is -0.351 e. The smallest absolute Gasteiger partial charge is 0.234 e. The van der Waals surface area contributed by atoms with Gasteiger partial charge in [-0.25, -0.2) is 0 Å². The fraction of sp³-hybridized carbons (Fsp3) is 0.235. The van der Waals surface area contributed by atoms with E-state index >= 15 is 0 Å². The maximum atomic E-state index is 11.9. The van der Waals surface area contributed by atoms with Crippen molar-refractivity contribution in [2.45, 2.75) is 19.5 Å². The molecule has 1 atom stereocenters. The van der Waals surface area contributed by atoms with E-state index in [0.717, 1.165) is 11.1 Å². The number of carbonyl (C=O) groups is 1. The maximum Gasteiger partial charge on any atom is 0.234 e. The molecule has 3 nitrogen and oxygen atoms in total. The summed E-state index contributed by atoms with van der Waals surface area (Å²) in [6.07, 6.45) is 0. The fourth-order valence-electron chi connectivity index (χ4n) is 2.07. The first kappa shape index (κ1) is 16.8. The summed E-state index contributed by atoms with van der Waals surface area (Å²) in [4.78, 5) is 11.9. The first-order chi connectivity index (χ1) is 10.6. The molecule has 0 aromatic heterocycles. The molecule has 1 amide bonds. The van der Waals surface area contributed by atoms with Crippen molar-refractivity contribution >= 4 is 29.1 Å². The topological polar surface area (TPSA) is 41.1 Å². The van der Waals surface area contributed by atoms with E-state index in [9.17, 15) is 4.79 Å². The highest BCUT2D eigenvalue weighted by molar-refractivity contribution is 6.35. The van der Waals surface area contributed by atoms with Gasteiger partial charge < -0.3 is 10.6 Å². The summed E-state index contributed by atoms with van der Waals surface area (Å²) in [6, 6.07) is 15.1. The van der Waals surface area contributed by atoms with E-state index in [1.165, 1.54) is 0 Å². The number of nitrogens with one attached hydrogen (secondary N) is 2. The van der Waals surface area contributed by atoms with Gasteiger partial charge in [0.05, 0.1) is 6.54 Å². The predicted octanol–water partition coefficient (Wildman–Crippen LogP) is 3.96. The van der Waals surface area contributed by atoms with Gasteiger partial charge in [-0.05, 0) is 30.2 Å². The Labute approximate surface area is 140 Å². The van der Waals surface area contributed by atoms with Crippen molar-refractivity contribution in [1.82, 2.24) is 10.6 Å². The summed E-state index contributed by atoms with van der Waals surface area (Å²) >= 11 is 12.0. The number of halogens is 2. The van der Waals surface area contributed by atoms with Crippen molar-refractivity contribution in [3.05, 3.63) is 69.7 Å². The van der Waals surface area contributed by atoms with Crippen molar-refractivity contribution in [2.75, 3.05) is 6.54 Å². The number of amides is 1. The van der Waals surface area contributed by atoms with E-state index < -0.39 is 0 Å². The van der Waals surface area contributed by atoms with Gasteiger partial charge in [-0.15, -0.1) is 0 Å². The third-order valence-electron chi connectivity index (χ3n) is 3.33. The molecule has 2 rings (SSSR count). The largest absolute Gasteiger partial charge is 0.351 e.